The van der Waals surface area contributed by atoms with E-state index in [0.717, 1.165) is 32.5 Å². The maximum Gasteiger partial charge on any atom is 0.00189 e. The molecular formula is C16H28N2. The fraction of sp³-hybridized carbons (Fsp3) is 0.625. The Kier molecular flexibility index (Phi) is 5.83. The zero-order chi connectivity index (χ0) is 13.6. The molecule has 0 spiro atoms. The van der Waals surface area contributed by atoms with Crippen molar-refractivity contribution < 1.29 is 0 Å². The molecule has 18 heavy (non-hydrogen) atoms. The molecule has 0 unspecified atom stereocenters. The molecule has 0 atom stereocenters. The topological polar surface area (TPSA) is 29.3 Å². The van der Waals surface area contributed by atoms with Crippen molar-refractivity contribution in [2.24, 2.45) is 11.1 Å². The molecule has 0 fully saturated rings. The molecule has 1 aromatic rings. The Morgan fingerprint density at radius 2 is 1.83 bits per heavy atom. The molecule has 2 N–H and O–H groups in total. The minimum atomic E-state index is 0.261. The maximum absolute atomic E-state index is 5.76. The number of rotatable bonds is 7. The van der Waals surface area contributed by atoms with Crippen LogP contribution in [0.5, 0.6) is 0 Å². The van der Waals surface area contributed by atoms with Crippen LogP contribution in [0.15, 0.2) is 24.3 Å². The lowest BCUT2D eigenvalue weighted by atomic mass is 9.89. The predicted octanol–water partition coefficient (Wildman–Crippen LogP) is 2.84. The Balaban J connectivity index is 2.34. The minimum absolute atomic E-state index is 0.261. The van der Waals surface area contributed by atoms with E-state index in [2.05, 4.69) is 57.0 Å². The number of benzene rings is 1. The summed E-state index contributed by atoms with van der Waals surface area (Å²) in [5, 5.41) is 0. The molecule has 1 rings (SSSR count). The standard InChI is InChI=1S/C16H28N2/c1-14-7-5-6-8-15(14)9-11-18(4)12-10-16(2,3)13-17/h5-8H,9-13,17H2,1-4H3. The van der Waals surface area contributed by atoms with Crippen molar-refractivity contribution in [2.45, 2.75) is 33.6 Å². The van der Waals surface area contributed by atoms with Crippen LogP contribution in [0.1, 0.15) is 31.4 Å². The van der Waals surface area contributed by atoms with Gasteiger partial charge in [0.1, 0.15) is 0 Å². The molecule has 0 bridgehead atoms. The number of likely N-dealkylation sites (N-methyl/N-ethyl adjacent to an activating group) is 1. The molecule has 2 nitrogen and oxygen atoms in total. The van der Waals surface area contributed by atoms with Crippen LogP contribution >= 0.6 is 0 Å². The van der Waals surface area contributed by atoms with Crippen molar-refractivity contribution in [1.82, 2.24) is 4.90 Å². The molecule has 0 saturated heterocycles. The van der Waals surface area contributed by atoms with E-state index in [4.69, 9.17) is 5.73 Å². The molecule has 2 heteroatoms. The van der Waals surface area contributed by atoms with E-state index in [0.29, 0.717) is 0 Å². The molecule has 0 radical (unpaired) electrons. The summed E-state index contributed by atoms with van der Waals surface area (Å²) in [5.74, 6) is 0. The molecule has 0 amide bonds. The second-order valence-corrected chi connectivity index (χ2v) is 6.10. The molecule has 0 aromatic heterocycles. The molecule has 0 heterocycles. The van der Waals surface area contributed by atoms with E-state index in [1.165, 1.54) is 11.1 Å². The summed E-state index contributed by atoms with van der Waals surface area (Å²) >= 11 is 0. The summed E-state index contributed by atoms with van der Waals surface area (Å²) in [6.07, 6.45) is 2.29. The molecule has 1 aromatic carbocycles. The van der Waals surface area contributed by atoms with Crippen molar-refractivity contribution in [3.63, 3.8) is 0 Å². The summed E-state index contributed by atoms with van der Waals surface area (Å²) < 4.78 is 0. The highest BCUT2D eigenvalue weighted by Gasteiger charge is 2.15. The first-order chi connectivity index (χ1) is 8.44. The normalized spacial score (nSPS) is 12.1. The highest BCUT2D eigenvalue weighted by atomic mass is 15.1. The van der Waals surface area contributed by atoms with Crippen LogP contribution in [0.2, 0.25) is 0 Å². The number of hydrogen-bond donors (Lipinski definition) is 1. The number of hydrogen-bond acceptors (Lipinski definition) is 2. The first kappa shape index (κ1) is 15.2. The zero-order valence-corrected chi connectivity index (χ0v) is 12.4. The monoisotopic (exact) mass is 248 g/mol. The van der Waals surface area contributed by atoms with E-state index in [9.17, 15) is 0 Å². The SMILES string of the molecule is Cc1ccccc1CCN(C)CCC(C)(C)CN. The molecule has 0 aliphatic heterocycles. The highest BCUT2D eigenvalue weighted by Crippen LogP contribution is 2.18. The van der Waals surface area contributed by atoms with E-state index >= 15 is 0 Å². The van der Waals surface area contributed by atoms with E-state index in [-0.39, 0.29) is 5.41 Å². The average molecular weight is 248 g/mol. The predicted molar refractivity (Wildman–Crippen MR) is 79.8 cm³/mol. The van der Waals surface area contributed by atoms with Crippen molar-refractivity contribution in [2.75, 3.05) is 26.7 Å². The Labute approximate surface area is 112 Å². The molecule has 0 aliphatic rings. The Bertz CT molecular complexity index is 358. The smallest absolute Gasteiger partial charge is 0.00189 e. The van der Waals surface area contributed by atoms with Crippen molar-refractivity contribution in [3.05, 3.63) is 35.4 Å². The van der Waals surface area contributed by atoms with Gasteiger partial charge in [0, 0.05) is 6.54 Å². The second kappa shape index (κ2) is 6.91. The quantitative estimate of drug-likeness (QED) is 0.804. The van der Waals surface area contributed by atoms with Crippen LogP contribution in [-0.2, 0) is 6.42 Å². The van der Waals surface area contributed by atoms with Gasteiger partial charge in [-0.3, -0.25) is 0 Å². The number of nitrogens with two attached hydrogens (primary N) is 1. The Hall–Kier alpha value is -0.860. The summed E-state index contributed by atoms with van der Waals surface area (Å²) in [7, 11) is 2.20. The first-order valence-electron chi connectivity index (χ1n) is 6.88. The van der Waals surface area contributed by atoms with Gasteiger partial charge in [-0.2, -0.15) is 0 Å². The zero-order valence-electron chi connectivity index (χ0n) is 12.4. The van der Waals surface area contributed by atoms with E-state index < -0.39 is 0 Å². The van der Waals surface area contributed by atoms with Gasteiger partial charge in [-0.05, 0) is 56.4 Å². The maximum atomic E-state index is 5.76. The van der Waals surface area contributed by atoms with Gasteiger partial charge < -0.3 is 10.6 Å². The van der Waals surface area contributed by atoms with Gasteiger partial charge in [-0.15, -0.1) is 0 Å². The average Bonchev–Trinajstić information content (AvgIpc) is 2.35. The third-order valence-electron chi connectivity index (χ3n) is 3.75. The van der Waals surface area contributed by atoms with Gasteiger partial charge >= 0.3 is 0 Å². The van der Waals surface area contributed by atoms with Crippen LogP contribution in [0, 0.1) is 12.3 Å². The van der Waals surface area contributed by atoms with Gasteiger partial charge in [0.15, 0.2) is 0 Å². The summed E-state index contributed by atoms with van der Waals surface area (Å²) in [6.45, 7) is 9.66. The summed E-state index contributed by atoms with van der Waals surface area (Å²) in [4.78, 5) is 2.41. The molecule has 0 saturated carbocycles. The summed E-state index contributed by atoms with van der Waals surface area (Å²) in [5.41, 5.74) is 8.88. The lowest BCUT2D eigenvalue weighted by molar-refractivity contribution is 0.255. The minimum Gasteiger partial charge on any atom is -0.330 e. The van der Waals surface area contributed by atoms with Crippen LogP contribution in [-0.4, -0.2) is 31.6 Å². The van der Waals surface area contributed by atoms with Crippen molar-refractivity contribution >= 4 is 0 Å². The van der Waals surface area contributed by atoms with Crippen LogP contribution < -0.4 is 5.73 Å². The fourth-order valence-corrected chi connectivity index (χ4v) is 1.91. The van der Waals surface area contributed by atoms with Gasteiger partial charge in [0.2, 0.25) is 0 Å². The van der Waals surface area contributed by atoms with Gasteiger partial charge in [0.05, 0.1) is 0 Å². The van der Waals surface area contributed by atoms with Crippen molar-refractivity contribution in [3.8, 4) is 0 Å². The number of nitrogens with zero attached hydrogens (tertiary/aromatic N) is 1. The Morgan fingerprint density at radius 3 is 2.44 bits per heavy atom. The molecular weight excluding hydrogens is 220 g/mol. The van der Waals surface area contributed by atoms with Crippen LogP contribution in [0.4, 0.5) is 0 Å². The second-order valence-electron chi connectivity index (χ2n) is 6.10. The molecule has 102 valence electrons. The lowest BCUT2D eigenvalue weighted by Gasteiger charge is -2.26. The van der Waals surface area contributed by atoms with Crippen molar-refractivity contribution in [1.29, 1.82) is 0 Å². The van der Waals surface area contributed by atoms with Gasteiger partial charge in [-0.1, -0.05) is 38.1 Å². The Morgan fingerprint density at radius 1 is 1.17 bits per heavy atom. The lowest BCUT2D eigenvalue weighted by Crippen LogP contribution is -2.30. The van der Waals surface area contributed by atoms with E-state index in [1.54, 1.807) is 0 Å². The van der Waals surface area contributed by atoms with E-state index in [1.807, 2.05) is 0 Å². The van der Waals surface area contributed by atoms with Gasteiger partial charge in [-0.25, -0.2) is 0 Å². The summed E-state index contributed by atoms with van der Waals surface area (Å²) in [6, 6.07) is 8.64. The number of aryl methyl sites for hydroxylation is 1. The van der Waals surface area contributed by atoms with Crippen LogP contribution in [0.25, 0.3) is 0 Å². The first-order valence-corrected chi connectivity index (χ1v) is 6.88. The fourth-order valence-electron chi connectivity index (χ4n) is 1.91. The highest BCUT2D eigenvalue weighted by molar-refractivity contribution is 5.25. The largest absolute Gasteiger partial charge is 0.330 e. The van der Waals surface area contributed by atoms with Gasteiger partial charge in [0.25, 0.3) is 0 Å². The third-order valence-corrected chi connectivity index (χ3v) is 3.75. The third kappa shape index (κ3) is 5.19. The molecule has 0 aliphatic carbocycles. The van der Waals surface area contributed by atoms with Crippen LogP contribution in [0.3, 0.4) is 0 Å².